The number of anilines is 1. The number of hydrogen-bond acceptors (Lipinski definition) is 2. The molecule has 2 aromatic carbocycles. The Hall–Kier alpha value is -2.59. The van der Waals surface area contributed by atoms with Crippen molar-refractivity contribution >= 4 is 23.3 Å². The van der Waals surface area contributed by atoms with E-state index in [0.717, 1.165) is 11.3 Å². The fourth-order valence-electron chi connectivity index (χ4n) is 1.91. The van der Waals surface area contributed by atoms with Gasteiger partial charge in [0.15, 0.2) is 0 Å². The van der Waals surface area contributed by atoms with Crippen LogP contribution in [0, 0.1) is 0 Å². The Morgan fingerprint density at radius 3 is 2.43 bits per heavy atom. The lowest BCUT2D eigenvalue weighted by atomic mass is 10.2. The second kappa shape index (κ2) is 5.81. The monoisotopic (exact) mass is 297 g/mol. The zero-order chi connectivity index (χ0) is 14.7. The van der Waals surface area contributed by atoms with Crippen molar-refractivity contribution < 1.29 is 4.79 Å². The maximum Gasteiger partial charge on any atom is 0.346 e. The molecule has 0 radical (unpaired) electrons. The van der Waals surface area contributed by atoms with Crippen molar-refractivity contribution in [3.8, 4) is 11.3 Å². The molecule has 0 aliphatic heterocycles. The zero-order valence-corrected chi connectivity index (χ0v) is 11.8. The van der Waals surface area contributed by atoms with E-state index in [9.17, 15) is 4.79 Å². The fraction of sp³-hybridized carbons (Fsp3) is 0. The Balaban J connectivity index is 1.77. The average molecular weight is 298 g/mol. The molecule has 104 valence electrons. The van der Waals surface area contributed by atoms with Gasteiger partial charge in [-0.25, -0.2) is 4.79 Å². The number of nitrogens with zero attached hydrogens (tertiary/aromatic N) is 2. The maximum atomic E-state index is 12.1. The Morgan fingerprint density at radius 1 is 1.00 bits per heavy atom. The highest BCUT2D eigenvalue weighted by atomic mass is 35.5. The van der Waals surface area contributed by atoms with Crippen molar-refractivity contribution in [2.24, 2.45) is 0 Å². The summed E-state index contributed by atoms with van der Waals surface area (Å²) in [5.74, 6) is 0. The molecule has 0 saturated heterocycles. The molecule has 0 spiro atoms. The summed E-state index contributed by atoms with van der Waals surface area (Å²) < 4.78 is 1.27. The first kappa shape index (κ1) is 13.4. The number of hydrogen-bond donors (Lipinski definition) is 1. The van der Waals surface area contributed by atoms with Gasteiger partial charge < -0.3 is 5.32 Å². The Kier molecular flexibility index (Phi) is 3.71. The molecule has 3 aromatic rings. The van der Waals surface area contributed by atoms with E-state index in [1.807, 2.05) is 30.3 Å². The number of aromatic nitrogens is 2. The molecule has 0 unspecified atom stereocenters. The summed E-state index contributed by atoms with van der Waals surface area (Å²) in [6.45, 7) is 0. The molecule has 0 saturated carbocycles. The highest BCUT2D eigenvalue weighted by Gasteiger charge is 2.08. The van der Waals surface area contributed by atoms with Crippen molar-refractivity contribution in [1.29, 1.82) is 0 Å². The largest absolute Gasteiger partial charge is 0.346 e. The van der Waals surface area contributed by atoms with Crippen LogP contribution in [-0.2, 0) is 0 Å². The Labute approximate surface area is 127 Å². The highest BCUT2D eigenvalue weighted by Crippen LogP contribution is 2.17. The van der Waals surface area contributed by atoms with E-state index in [-0.39, 0.29) is 6.03 Å². The van der Waals surface area contributed by atoms with Crippen LogP contribution in [0.2, 0.25) is 5.02 Å². The van der Waals surface area contributed by atoms with Crippen LogP contribution in [0.3, 0.4) is 0 Å². The molecule has 4 nitrogen and oxygen atoms in total. The number of benzene rings is 2. The average Bonchev–Trinajstić information content (AvgIpc) is 3.00. The minimum Gasteiger partial charge on any atom is -0.306 e. The lowest BCUT2D eigenvalue weighted by molar-refractivity contribution is 0.251. The summed E-state index contributed by atoms with van der Waals surface area (Å²) in [5.41, 5.74) is 2.39. The van der Waals surface area contributed by atoms with Crippen LogP contribution < -0.4 is 5.32 Å². The van der Waals surface area contributed by atoms with Crippen LogP contribution in [0.25, 0.3) is 11.3 Å². The first-order valence-electron chi connectivity index (χ1n) is 6.40. The predicted molar refractivity (Wildman–Crippen MR) is 83.5 cm³/mol. The number of rotatable bonds is 2. The zero-order valence-electron chi connectivity index (χ0n) is 11.0. The molecule has 0 aliphatic carbocycles. The van der Waals surface area contributed by atoms with E-state index in [1.54, 1.807) is 36.5 Å². The first-order chi connectivity index (χ1) is 10.2. The van der Waals surface area contributed by atoms with Gasteiger partial charge in [-0.3, -0.25) is 0 Å². The van der Waals surface area contributed by atoms with Gasteiger partial charge >= 0.3 is 6.03 Å². The highest BCUT2D eigenvalue weighted by molar-refractivity contribution is 6.30. The van der Waals surface area contributed by atoms with Crippen molar-refractivity contribution in [2.75, 3.05) is 5.32 Å². The summed E-state index contributed by atoms with van der Waals surface area (Å²) in [6, 6.07) is 18.1. The van der Waals surface area contributed by atoms with E-state index in [1.165, 1.54) is 4.68 Å². The molecular formula is C16H12ClN3O. The quantitative estimate of drug-likeness (QED) is 0.767. The Morgan fingerprint density at radius 2 is 1.71 bits per heavy atom. The predicted octanol–water partition coefficient (Wildman–Crippen LogP) is 4.28. The van der Waals surface area contributed by atoms with Gasteiger partial charge in [-0.15, -0.1) is 0 Å². The topological polar surface area (TPSA) is 46.9 Å². The second-order valence-corrected chi connectivity index (χ2v) is 4.89. The van der Waals surface area contributed by atoms with Crippen LogP contribution in [-0.4, -0.2) is 15.8 Å². The molecule has 1 amide bonds. The molecule has 3 rings (SSSR count). The van der Waals surface area contributed by atoms with Crippen LogP contribution in [0.5, 0.6) is 0 Å². The standard InChI is InChI=1S/C16H12ClN3O/c17-13-6-8-14(9-7-13)18-16(21)20-11-10-15(19-20)12-4-2-1-3-5-12/h1-11H,(H,18,21). The molecule has 0 atom stereocenters. The molecule has 0 bridgehead atoms. The summed E-state index contributed by atoms with van der Waals surface area (Å²) in [4.78, 5) is 12.1. The van der Waals surface area contributed by atoms with E-state index in [2.05, 4.69) is 10.4 Å². The van der Waals surface area contributed by atoms with Gasteiger partial charge in [-0.1, -0.05) is 41.9 Å². The fourth-order valence-corrected chi connectivity index (χ4v) is 2.04. The molecule has 1 aromatic heterocycles. The first-order valence-corrected chi connectivity index (χ1v) is 6.78. The maximum absolute atomic E-state index is 12.1. The summed E-state index contributed by atoms with van der Waals surface area (Å²) >= 11 is 5.81. The SMILES string of the molecule is O=C(Nc1ccc(Cl)cc1)n1ccc(-c2ccccc2)n1. The number of halogens is 1. The Bertz CT molecular complexity index is 751. The van der Waals surface area contributed by atoms with Crippen molar-refractivity contribution in [3.63, 3.8) is 0 Å². The lowest BCUT2D eigenvalue weighted by Crippen LogP contribution is -2.19. The number of carbonyl (C=O) groups is 1. The second-order valence-electron chi connectivity index (χ2n) is 4.45. The summed E-state index contributed by atoms with van der Waals surface area (Å²) in [6.07, 6.45) is 1.63. The smallest absolute Gasteiger partial charge is 0.306 e. The van der Waals surface area contributed by atoms with Gasteiger partial charge in [0, 0.05) is 22.5 Å². The van der Waals surface area contributed by atoms with Gasteiger partial charge in [-0.2, -0.15) is 9.78 Å². The van der Waals surface area contributed by atoms with Gasteiger partial charge in [0.25, 0.3) is 0 Å². The van der Waals surface area contributed by atoms with Crippen molar-refractivity contribution in [1.82, 2.24) is 9.78 Å². The number of amides is 1. The lowest BCUT2D eigenvalue weighted by Gasteiger charge is -2.04. The van der Waals surface area contributed by atoms with Crippen molar-refractivity contribution in [3.05, 3.63) is 71.9 Å². The van der Waals surface area contributed by atoms with Crippen LogP contribution >= 0.6 is 11.6 Å². The minimum atomic E-state index is -0.320. The number of carbonyl (C=O) groups excluding carboxylic acids is 1. The molecule has 0 fully saturated rings. The molecule has 0 aliphatic rings. The third-order valence-corrected chi connectivity index (χ3v) is 3.21. The van der Waals surface area contributed by atoms with Gasteiger partial charge in [0.1, 0.15) is 0 Å². The van der Waals surface area contributed by atoms with Gasteiger partial charge in [-0.05, 0) is 30.3 Å². The normalized spacial score (nSPS) is 10.3. The minimum absolute atomic E-state index is 0.320. The summed E-state index contributed by atoms with van der Waals surface area (Å²) in [5, 5.41) is 7.65. The number of nitrogens with one attached hydrogen (secondary N) is 1. The van der Waals surface area contributed by atoms with Gasteiger partial charge in [0.05, 0.1) is 5.69 Å². The molecular weight excluding hydrogens is 286 g/mol. The van der Waals surface area contributed by atoms with Crippen molar-refractivity contribution in [2.45, 2.75) is 0 Å². The van der Waals surface area contributed by atoms with E-state index < -0.39 is 0 Å². The molecule has 1 N–H and O–H groups in total. The molecule has 1 heterocycles. The van der Waals surface area contributed by atoms with Crippen LogP contribution in [0.4, 0.5) is 10.5 Å². The third-order valence-electron chi connectivity index (χ3n) is 2.96. The van der Waals surface area contributed by atoms with Gasteiger partial charge in [0.2, 0.25) is 0 Å². The summed E-state index contributed by atoms with van der Waals surface area (Å²) in [7, 11) is 0. The molecule has 5 heteroatoms. The molecule has 21 heavy (non-hydrogen) atoms. The van der Waals surface area contributed by atoms with Crippen LogP contribution in [0.1, 0.15) is 0 Å². The van der Waals surface area contributed by atoms with E-state index in [0.29, 0.717) is 10.7 Å². The van der Waals surface area contributed by atoms with E-state index in [4.69, 9.17) is 11.6 Å². The third kappa shape index (κ3) is 3.12. The van der Waals surface area contributed by atoms with Crippen LogP contribution in [0.15, 0.2) is 66.9 Å². The van der Waals surface area contributed by atoms with E-state index >= 15 is 0 Å².